The summed E-state index contributed by atoms with van der Waals surface area (Å²) in [4.78, 5) is 0. The van der Waals surface area contributed by atoms with E-state index >= 15 is 0 Å². The Bertz CT molecular complexity index is 870. The van der Waals surface area contributed by atoms with Gasteiger partial charge in [-0.2, -0.15) is 5.10 Å². The predicted octanol–water partition coefficient (Wildman–Crippen LogP) is 2.68. The largest absolute Gasteiger partial charge is 0.490 e. The number of aryl methyl sites for hydroxylation is 2. The molecule has 1 fully saturated rings. The quantitative estimate of drug-likeness (QED) is 0.859. The van der Waals surface area contributed by atoms with Crippen molar-refractivity contribution in [1.29, 1.82) is 0 Å². The van der Waals surface area contributed by atoms with Crippen LogP contribution in [-0.4, -0.2) is 30.3 Å². The molecule has 1 saturated carbocycles. The summed E-state index contributed by atoms with van der Waals surface area (Å²) in [6.45, 7) is 1.73. The van der Waals surface area contributed by atoms with Crippen LogP contribution < -0.4 is 9.46 Å². The number of aromatic nitrogens is 2. The number of benzene rings is 1. The topological polar surface area (TPSA) is 73.2 Å². The van der Waals surface area contributed by atoms with E-state index in [4.69, 9.17) is 4.74 Å². The minimum absolute atomic E-state index is 0.128. The summed E-state index contributed by atoms with van der Waals surface area (Å²) in [5, 5.41) is 4.19. The van der Waals surface area contributed by atoms with Gasteiger partial charge in [0.2, 0.25) is 0 Å². The van der Waals surface area contributed by atoms with Gasteiger partial charge in [-0.3, -0.25) is 4.68 Å². The van der Waals surface area contributed by atoms with Crippen LogP contribution in [0.2, 0.25) is 0 Å². The van der Waals surface area contributed by atoms with E-state index in [9.17, 15) is 17.2 Å². The van der Waals surface area contributed by atoms with E-state index in [1.165, 1.54) is 10.7 Å². The monoisotopic (exact) mass is 385 g/mol. The van der Waals surface area contributed by atoms with Crippen LogP contribution >= 0.6 is 0 Å². The highest BCUT2D eigenvalue weighted by atomic mass is 32.2. The minimum Gasteiger partial charge on any atom is -0.490 e. The first-order valence-corrected chi connectivity index (χ1v) is 9.87. The van der Waals surface area contributed by atoms with Crippen LogP contribution in [0.15, 0.2) is 29.3 Å². The summed E-state index contributed by atoms with van der Waals surface area (Å²) in [6, 6.07) is 4.39. The molecular weight excluding hydrogens is 364 g/mol. The first kappa shape index (κ1) is 18.8. The normalized spacial score (nSPS) is 20.9. The maximum absolute atomic E-state index is 13.2. The Morgan fingerprint density at radius 1 is 1.12 bits per heavy atom. The predicted molar refractivity (Wildman–Crippen MR) is 91.3 cm³/mol. The van der Waals surface area contributed by atoms with Gasteiger partial charge in [0.15, 0.2) is 5.03 Å². The number of rotatable bonds is 5. The number of halogens is 2. The Hall–Kier alpha value is -2.00. The van der Waals surface area contributed by atoms with Crippen molar-refractivity contribution in [2.24, 2.45) is 7.05 Å². The molecule has 1 aliphatic carbocycles. The summed E-state index contributed by atoms with van der Waals surface area (Å²) in [6.07, 6.45) is 2.15. The molecule has 1 heterocycles. The van der Waals surface area contributed by atoms with E-state index in [0.717, 1.165) is 18.2 Å². The molecule has 0 atom stereocenters. The lowest BCUT2D eigenvalue weighted by Gasteiger charge is -2.29. The zero-order valence-electron chi connectivity index (χ0n) is 14.6. The van der Waals surface area contributed by atoms with Crippen molar-refractivity contribution in [2.45, 2.75) is 49.8 Å². The Labute approximate surface area is 151 Å². The second kappa shape index (κ2) is 7.32. The van der Waals surface area contributed by atoms with Crippen molar-refractivity contribution in [3.63, 3.8) is 0 Å². The molecule has 0 saturated heterocycles. The maximum atomic E-state index is 13.2. The average molecular weight is 385 g/mol. The summed E-state index contributed by atoms with van der Waals surface area (Å²) in [5.41, 5.74) is 0.632. The zero-order chi connectivity index (χ0) is 18.9. The van der Waals surface area contributed by atoms with Crippen molar-refractivity contribution >= 4 is 10.0 Å². The van der Waals surface area contributed by atoms with Crippen molar-refractivity contribution in [2.75, 3.05) is 0 Å². The molecule has 0 spiro atoms. The summed E-state index contributed by atoms with van der Waals surface area (Å²) < 4.78 is 61.1. The first-order chi connectivity index (χ1) is 12.2. The fourth-order valence-electron chi connectivity index (χ4n) is 3.21. The van der Waals surface area contributed by atoms with Crippen LogP contribution in [0.25, 0.3) is 0 Å². The average Bonchev–Trinajstić information content (AvgIpc) is 2.87. The van der Waals surface area contributed by atoms with Crippen LogP contribution in [0.4, 0.5) is 8.78 Å². The highest BCUT2D eigenvalue weighted by molar-refractivity contribution is 7.89. The second-order valence-corrected chi connectivity index (χ2v) is 8.23. The molecule has 0 aliphatic heterocycles. The molecule has 0 unspecified atom stereocenters. The SMILES string of the molecule is Cc1cc(S(=O)(=O)NC2CCC(Oc3cc(F)cc(F)c3)CC2)n(C)n1. The Kier molecular flexibility index (Phi) is 5.29. The molecule has 1 N–H and O–H groups in total. The van der Waals surface area contributed by atoms with Crippen LogP contribution in [-0.2, 0) is 17.1 Å². The number of hydrogen-bond acceptors (Lipinski definition) is 4. The van der Waals surface area contributed by atoms with Gasteiger partial charge in [-0.25, -0.2) is 21.9 Å². The van der Waals surface area contributed by atoms with Crippen LogP contribution in [0, 0.1) is 18.6 Å². The molecule has 0 amide bonds. The van der Waals surface area contributed by atoms with E-state index in [2.05, 4.69) is 9.82 Å². The van der Waals surface area contributed by atoms with E-state index in [-0.39, 0.29) is 22.9 Å². The van der Waals surface area contributed by atoms with Gasteiger partial charge in [-0.1, -0.05) is 0 Å². The highest BCUT2D eigenvalue weighted by Gasteiger charge is 2.28. The number of nitrogens with zero attached hydrogens (tertiary/aromatic N) is 2. The third-order valence-corrected chi connectivity index (χ3v) is 5.95. The van der Waals surface area contributed by atoms with Crippen molar-refractivity contribution < 1.29 is 21.9 Å². The van der Waals surface area contributed by atoms with Crippen molar-refractivity contribution in [3.05, 3.63) is 41.6 Å². The van der Waals surface area contributed by atoms with Gasteiger partial charge < -0.3 is 4.74 Å². The molecule has 0 radical (unpaired) electrons. The maximum Gasteiger partial charge on any atom is 0.257 e. The smallest absolute Gasteiger partial charge is 0.257 e. The molecule has 0 bridgehead atoms. The van der Waals surface area contributed by atoms with Gasteiger partial charge >= 0.3 is 0 Å². The fraction of sp³-hybridized carbons (Fsp3) is 0.471. The lowest BCUT2D eigenvalue weighted by molar-refractivity contribution is 0.143. The molecule has 6 nitrogen and oxygen atoms in total. The standard InChI is InChI=1S/C17H21F2N3O3S/c1-11-7-17(22(2)20-11)26(23,24)21-14-3-5-15(6-4-14)25-16-9-12(18)8-13(19)10-16/h7-10,14-15,21H,3-6H2,1-2H3. The van der Waals surface area contributed by atoms with Crippen LogP contribution in [0.1, 0.15) is 31.4 Å². The van der Waals surface area contributed by atoms with E-state index < -0.39 is 21.7 Å². The molecule has 2 aromatic rings. The lowest BCUT2D eigenvalue weighted by Crippen LogP contribution is -2.40. The van der Waals surface area contributed by atoms with Gasteiger partial charge in [-0.05, 0) is 38.7 Å². The second-order valence-electron chi connectivity index (χ2n) is 6.57. The van der Waals surface area contributed by atoms with Crippen LogP contribution in [0.3, 0.4) is 0 Å². The summed E-state index contributed by atoms with van der Waals surface area (Å²) >= 11 is 0. The van der Waals surface area contributed by atoms with Gasteiger partial charge in [-0.15, -0.1) is 0 Å². The molecule has 9 heteroatoms. The summed E-state index contributed by atoms with van der Waals surface area (Å²) in [7, 11) is -2.06. The third kappa shape index (κ3) is 4.39. The van der Waals surface area contributed by atoms with Gasteiger partial charge in [0.05, 0.1) is 11.8 Å². The number of ether oxygens (including phenoxy) is 1. The van der Waals surface area contributed by atoms with Crippen molar-refractivity contribution in [1.82, 2.24) is 14.5 Å². The molecule has 1 aliphatic rings. The Balaban J connectivity index is 1.57. The zero-order valence-corrected chi connectivity index (χ0v) is 15.4. The lowest BCUT2D eigenvalue weighted by atomic mass is 9.94. The van der Waals surface area contributed by atoms with Gasteiger partial charge in [0.25, 0.3) is 10.0 Å². The van der Waals surface area contributed by atoms with Crippen LogP contribution in [0.5, 0.6) is 5.75 Å². The fourth-order valence-corrected chi connectivity index (χ4v) is 4.72. The Morgan fingerprint density at radius 2 is 1.73 bits per heavy atom. The van der Waals surface area contributed by atoms with E-state index in [0.29, 0.717) is 31.4 Å². The van der Waals surface area contributed by atoms with Crippen molar-refractivity contribution in [3.8, 4) is 5.75 Å². The van der Waals surface area contributed by atoms with Gasteiger partial charge in [0, 0.05) is 31.3 Å². The van der Waals surface area contributed by atoms with Gasteiger partial charge in [0.1, 0.15) is 17.4 Å². The molecule has 142 valence electrons. The van der Waals surface area contributed by atoms with E-state index in [1.54, 1.807) is 14.0 Å². The third-order valence-electron chi connectivity index (χ3n) is 4.37. The molecule has 1 aromatic heterocycles. The summed E-state index contributed by atoms with van der Waals surface area (Å²) in [5.74, 6) is -1.22. The molecular formula is C17H21F2N3O3S. The molecule has 26 heavy (non-hydrogen) atoms. The molecule has 3 rings (SSSR count). The molecule has 1 aromatic carbocycles. The number of sulfonamides is 1. The number of hydrogen-bond donors (Lipinski definition) is 1. The number of nitrogens with one attached hydrogen (secondary N) is 1. The first-order valence-electron chi connectivity index (χ1n) is 8.38. The Morgan fingerprint density at radius 3 is 2.27 bits per heavy atom. The minimum atomic E-state index is -3.65. The van der Waals surface area contributed by atoms with E-state index in [1.807, 2.05) is 0 Å². The highest BCUT2D eigenvalue weighted by Crippen LogP contribution is 2.26.